The van der Waals surface area contributed by atoms with E-state index in [0.29, 0.717) is 17.5 Å². The zero-order valence-electron chi connectivity index (χ0n) is 10.0. The van der Waals surface area contributed by atoms with Crippen molar-refractivity contribution in [2.45, 2.75) is 26.2 Å². The number of rotatable bonds is 6. The quantitative estimate of drug-likeness (QED) is 0.596. The van der Waals surface area contributed by atoms with Crippen molar-refractivity contribution < 1.29 is 18.7 Å². The fraction of sp³-hybridized carbons (Fsp3) is 0.385. The molecule has 0 heterocycles. The average molecular weight is 317 g/mol. The maximum Gasteiger partial charge on any atom is 0.305 e. The smallest absolute Gasteiger partial charge is 0.305 e. The van der Waals surface area contributed by atoms with Gasteiger partial charge in [0, 0.05) is 17.3 Å². The number of ether oxygens (including phenoxy) is 1. The van der Waals surface area contributed by atoms with Crippen LogP contribution in [0.3, 0.4) is 0 Å². The van der Waals surface area contributed by atoms with Crippen molar-refractivity contribution in [3.63, 3.8) is 0 Å². The fourth-order valence-electron chi connectivity index (χ4n) is 1.48. The van der Waals surface area contributed by atoms with Crippen molar-refractivity contribution in [1.29, 1.82) is 0 Å². The van der Waals surface area contributed by atoms with Gasteiger partial charge in [-0.2, -0.15) is 0 Å². The van der Waals surface area contributed by atoms with Crippen LogP contribution in [0.25, 0.3) is 0 Å². The van der Waals surface area contributed by atoms with Gasteiger partial charge >= 0.3 is 5.97 Å². The molecule has 0 bridgehead atoms. The summed E-state index contributed by atoms with van der Waals surface area (Å²) in [4.78, 5) is 22.8. The summed E-state index contributed by atoms with van der Waals surface area (Å²) in [5.74, 6) is -1.18. The third-order valence-corrected chi connectivity index (χ3v) is 2.81. The first kappa shape index (κ1) is 14.8. The van der Waals surface area contributed by atoms with Gasteiger partial charge in [-0.25, -0.2) is 4.39 Å². The van der Waals surface area contributed by atoms with E-state index < -0.39 is 5.82 Å². The molecule has 3 nitrogen and oxygen atoms in total. The molecule has 18 heavy (non-hydrogen) atoms. The first-order valence-electron chi connectivity index (χ1n) is 5.68. The molecule has 5 heteroatoms. The molecule has 0 atom stereocenters. The van der Waals surface area contributed by atoms with Gasteiger partial charge in [-0.15, -0.1) is 0 Å². The summed E-state index contributed by atoms with van der Waals surface area (Å²) < 4.78 is 18.8. The molecule has 1 aromatic carbocycles. The number of hydrogen-bond acceptors (Lipinski definition) is 3. The highest BCUT2D eigenvalue weighted by Gasteiger charge is 2.12. The normalized spacial score (nSPS) is 10.2. The first-order chi connectivity index (χ1) is 8.54. The van der Waals surface area contributed by atoms with Crippen molar-refractivity contribution in [1.82, 2.24) is 0 Å². The molecule has 1 rings (SSSR count). The van der Waals surface area contributed by atoms with Crippen molar-refractivity contribution in [3.8, 4) is 0 Å². The van der Waals surface area contributed by atoms with Crippen LogP contribution in [0.2, 0.25) is 0 Å². The van der Waals surface area contributed by atoms with Gasteiger partial charge in [0.15, 0.2) is 5.78 Å². The molecule has 0 spiro atoms. The average Bonchev–Trinajstić information content (AvgIpc) is 2.29. The second-order valence-corrected chi connectivity index (χ2v) is 4.62. The number of ketones is 1. The van der Waals surface area contributed by atoms with E-state index in [1.54, 1.807) is 13.0 Å². The maximum atomic E-state index is 13.5. The summed E-state index contributed by atoms with van der Waals surface area (Å²) in [6, 6.07) is 4.30. The minimum absolute atomic E-state index is 0.0575. The third kappa shape index (κ3) is 4.56. The summed E-state index contributed by atoms with van der Waals surface area (Å²) in [7, 11) is 0. The topological polar surface area (TPSA) is 43.4 Å². The van der Waals surface area contributed by atoms with Crippen molar-refractivity contribution >= 4 is 27.7 Å². The number of halogens is 2. The van der Waals surface area contributed by atoms with E-state index in [4.69, 9.17) is 4.74 Å². The zero-order valence-corrected chi connectivity index (χ0v) is 11.6. The van der Waals surface area contributed by atoms with Crippen LogP contribution in [0.4, 0.5) is 4.39 Å². The molecule has 0 unspecified atom stereocenters. The van der Waals surface area contributed by atoms with Crippen molar-refractivity contribution in [2.75, 3.05) is 6.61 Å². The van der Waals surface area contributed by atoms with E-state index in [0.717, 1.165) is 0 Å². The highest BCUT2D eigenvalue weighted by molar-refractivity contribution is 9.10. The Labute approximate surface area is 113 Å². The number of benzene rings is 1. The van der Waals surface area contributed by atoms with Gasteiger partial charge in [-0.3, -0.25) is 9.59 Å². The van der Waals surface area contributed by atoms with Crippen LogP contribution in [0.15, 0.2) is 22.7 Å². The second-order valence-electron chi connectivity index (χ2n) is 3.71. The number of Topliss-reactive ketones (excluding diaryl/α,β-unsaturated/α-hetero) is 1. The molecule has 98 valence electrons. The highest BCUT2D eigenvalue weighted by Crippen LogP contribution is 2.17. The lowest BCUT2D eigenvalue weighted by Crippen LogP contribution is -2.07. The van der Waals surface area contributed by atoms with Gasteiger partial charge in [0.05, 0.1) is 12.2 Å². The van der Waals surface area contributed by atoms with E-state index in [1.807, 2.05) is 0 Å². The van der Waals surface area contributed by atoms with Gasteiger partial charge in [0.2, 0.25) is 0 Å². The maximum absolute atomic E-state index is 13.5. The largest absolute Gasteiger partial charge is 0.466 e. The van der Waals surface area contributed by atoms with E-state index in [2.05, 4.69) is 15.9 Å². The summed E-state index contributed by atoms with van der Waals surface area (Å²) >= 11 is 3.12. The standard InChI is InChI=1S/C13H14BrFO3/c1-2-18-13(17)5-3-4-12(16)10-7-6-9(14)8-11(10)15/h6-8H,2-5H2,1H3. The molecule has 0 saturated carbocycles. The molecule has 0 aliphatic rings. The molecule has 0 saturated heterocycles. The summed E-state index contributed by atoms with van der Waals surface area (Å²) in [6.45, 7) is 2.05. The summed E-state index contributed by atoms with van der Waals surface area (Å²) in [6.07, 6.45) is 0.683. The Bertz CT molecular complexity index is 446. The number of esters is 1. The summed E-state index contributed by atoms with van der Waals surface area (Å²) in [5.41, 5.74) is 0.0575. The Morgan fingerprint density at radius 3 is 2.67 bits per heavy atom. The molecule has 0 N–H and O–H groups in total. The van der Waals surface area contributed by atoms with Gasteiger partial charge in [0.1, 0.15) is 5.82 Å². The van der Waals surface area contributed by atoms with Crippen LogP contribution < -0.4 is 0 Å². The van der Waals surface area contributed by atoms with Gasteiger partial charge in [-0.1, -0.05) is 15.9 Å². The molecule has 0 aromatic heterocycles. The van der Waals surface area contributed by atoms with E-state index in [9.17, 15) is 14.0 Å². The number of carbonyl (C=O) groups is 2. The molecule has 0 aliphatic heterocycles. The Balaban J connectivity index is 2.48. The van der Waals surface area contributed by atoms with Crippen LogP contribution in [-0.4, -0.2) is 18.4 Å². The molecule has 0 fully saturated rings. The summed E-state index contributed by atoms with van der Waals surface area (Å²) in [5, 5.41) is 0. The predicted molar refractivity (Wildman–Crippen MR) is 68.9 cm³/mol. The molecular formula is C13H14BrFO3. The molecule has 0 radical (unpaired) electrons. The van der Waals surface area contributed by atoms with Gasteiger partial charge in [-0.05, 0) is 31.5 Å². The lowest BCUT2D eigenvalue weighted by Gasteiger charge is -2.03. The van der Waals surface area contributed by atoms with Crippen LogP contribution >= 0.6 is 15.9 Å². The van der Waals surface area contributed by atoms with Crippen molar-refractivity contribution in [2.24, 2.45) is 0 Å². The lowest BCUT2D eigenvalue weighted by atomic mass is 10.1. The lowest BCUT2D eigenvalue weighted by molar-refractivity contribution is -0.143. The van der Waals surface area contributed by atoms with Crippen LogP contribution in [-0.2, 0) is 9.53 Å². The predicted octanol–water partition coefficient (Wildman–Crippen LogP) is 3.50. The zero-order chi connectivity index (χ0) is 13.5. The van der Waals surface area contributed by atoms with E-state index in [-0.39, 0.29) is 30.2 Å². The van der Waals surface area contributed by atoms with Crippen LogP contribution in [0, 0.1) is 5.82 Å². The first-order valence-corrected chi connectivity index (χ1v) is 6.47. The Morgan fingerprint density at radius 2 is 2.06 bits per heavy atom. The Hall–Kier alpha value is -1.23. The molecule has 0 aliphatic carbocycles. The minimum atomic E-state index is -0.550. The monoisotopic (exact) mass is 316 g/mol. The highest BCUT2D eigenvalue weighted by atomic mass is 79.9. The second kappa shape index (κ2) is 7.26. The van der Waals surface area contributed by atoms with Crippen LogP contribution in [0.1, 0.15) is 36.5 Å². The molecule has 0 amide bonds. The Morgan fingerprint density at radius 1 is 1.33 bits per heavy atom. The SMILES string of the molecule is CCOC(=O)CCCC(=O)c1ccc(Br)cc1F. The van der Waals surface area contributed by atoms with E-state index >= 15 is 0 Å². The van der Waals surface area contributed by atoms with Crippen molar-refractivity contribution in [3.05, 3.63) is 34.1 Å². The Kier molecular flexibility index (Phi) is 5.98. The molecular weight excluding hydrogens is 303 g/mol. The van der Waals surface area contributed by atoms with E-state index in [1.165, 1.54) is 12.1 Å². The van der Waals surface area contributed by atoms with Gasteiger partial charge in [0.25, 0.3) is 0 Å². The van der Waals surface area contributed by atoms with Gasteiger partial charge < -0.3 is 4.74 Å². The fourth-order valence-corrected chi connectivity index (χ4v) is 1.81. The third-order valence-electron chi connectivity index (χ3n) is 2.32. The molecule has 1 aromatic rings. The number of hydrogen-bond donors (Lipinski definition) is 0. The van der Waals surface area contributed by atoms with Crippen LogP contribution in [0.5, 0.6) is 0 Å². The number of carbonyl (C=O) groups excluding carboxylic acids is 2. The minimum Gasteiger partial charge on any atom is -0.466 e.